The van der Waals surface area contributed by atoms with Crippen LogP contribution in [0.2, 0.25) is 0 Å². The fourth-order valence-electron chi connectivity index (χ4n) is 2.49. The van der Waals surface area contributed by atoms with Crippen molar-refractivity contribution in [2.45, 2.75) is 18.8 Å². The van der Waals surface area contributed by atoms with Crippen LogP contribution in [-0.2, 0) is 39.2 Å². The third-order valence-electron chi connectivity index (χ3n) is 3.90. The summed E-state index contributed by atoms with van der Waals surface area (Å²) in [6, 6.07) is 8.80. The van der Waals surface area contributed by atoms with E-state index in [-0.39, 0.29) is 17.3 Å². The molecule has 1 aliphatic rings. The molecule has 0 amide bonds. The number of ketones is 1. The average molecular weight is 439 g/mol. The number of nitrogens with two attached hydrogens (primary N) is 1. The lowest BCUT2D eigenvalue weighted by Crippen LogP contribution is -2.16. The van der Waals surface area contributed by atoms with Crippen LogP contribution in [0.25, 0.3) is 0 Å². The maximum absolute atomic E-state index is 13.7. The zero-order valence-electron chi connectivity index (χ0n) is 15.4. The lowest BCUT2D eigenvalue weighted by atomic mass is 10.0. The van der Waals surface area contributed by atoms with Crippen LogP contribution in [0.4, 0.5) is 8.78 Å². The normalized spacial score (nSPS) is 15.7. The molecule has 158 valence electrons. The van der Waals surface area contributed by atoms with Crippen molar-refractivity contribution in [1.82, 2.24) is 0 Å². The first-order chi connectivity index (χ1) is 14.1. The summed E-state index contributed by atoms with van der Waals surface area (Å²) in [5.41, 5.74) is 6.41. The molecule has 2 aromatic carbocycles. The minimum Gasteiger partial charge on any atom is -0.460 e. The van der Waals surface area contributed by atoms with Crippen molar-refractivity contribution < 1.29 is 40.5 Å². The van der Waals surface area contributed by atoms with E-state index in [0.29, 0.717) is 5.56 Å². The Bertz CT molecular complexity index is 1120. The highest BCUT2D eigenvalue weighted by atomic mass is 32.2. The molecule has 0 aliphatic carbocycles. The number of carbonyl (C=O) groups is 1. The molecular weight excluding hydrogens is 424 g/mol. The molecule has 3 rings (SSSR count). The fourth-order valence-corrected chi connectivity index (χ4v) is 3.57. The average Bonchev–Trinajstić information content (AvgIpc) is 2.94. The number of rotatable bonds is 5. The molecule has 1 aliphatic heterocycles. The van der Waals surface area contributed by atoms with Gasteiger partial charge in [-0.3, -0.25) is 4.79 Å². The standard InChI is InChI=1S/C18H15F2NO5S.CO2/c1-10-2-5-12(8-14(10)20)16-15(22)17(18(21)25-16)26-27(23,24)9-11-3-6-13(19)7-4-11;2-1-3/h2-8,16H,9,21H2,1H3;. The van der Waals surface area contributed by atoms with Gasteiger partial charge in [-0.05, 0) is 36.2 Å². The van der Waals surface area contributed by atoms with Crippen molar-refractivity contribution in [3.05, 3.63) is 82.4 Å². The van der Waals surface area contributed by atoms with E-state index in [2.05, 4.69) is 0 Å². The predicted molar refractivity (Wildman–Crippen MR) is 96.3 cm³/mol. The summed E-state index contributed by atoms with van der Waals surface area (Å²) in [7, 11) is -4.25. The van der Waals surface area contributed by atoms with Crippen LogP contribution in [0, 0.1) is 18.6 Å². The van der Waals surface area contributed by atoms with Crippen LogP contribution in [0.15, 0.2) is 54.1 Å². The molecule has 30 heavy (non-hydrogen) atoms. The van der Waals surface area contributed by atoms with E-state index in [1.807, 2.05) is 0 Å². The Morgan fingerprint density at radius 2 is 1.73 bits per heavy atom. The van der Waals surface area contributed by atoms with Gasteiger partial charge in [0.2, 0.25) is 17.4 Å². The van der Waals surface area contributed by atoms with Gasteiger partial charge in [0, 0.05) is 5.56 Å². The Kier molecular flexibility index (Phi) is 7.04. The van der Waals surface area contributed by atoms with Crippen molar-refractivity contribution in [1.29, 1.82) is 0 Å². The van der Waals surface area contributed by atoms with Crippen LogP contribution in [0.1, 0.15) is 22.8 Å². The van der Waals surface area contributed by atoms with Crippen LogP contribution in [0.5, 0.6) is 0 Å². The Balaban J connectivity index is 0.00000101. The van der Waals surface area contributed by atoms with Crippen LogP contribution in [0.3, 0.4) is 0 Å². The Hall–Kier alpha value is -3.56. The Labute approximate surface area is 170 Å². The number of Topliss-reactive ketones (excluding diaryl/α,β-unsaturated/α-hetero) is 1. The van der Waals surface area contributed by atoms with E-state index in [1.54, 1.807) is 6.92 Å². The maximum Gasteiger partial charge on any atom is 0.373 e. The molecule has 1 heterocycles. The second-order valence-electron chi connectivity index (χ2n) is 6.06. The SMILES string of the molecule is Cc1ccc(C2OC(N)=C(OS(=O)(=O)Cc3ccc(F)cc3)C2=O)cc1F.O=C=O. The number of benzene rings is 2. The molecule has 0 aromatic heterocycles. The molecule has 0 saturated carbocycles. The highest BCUT2D eigenvalue weighted by molar-refractivity contribution is 7.86. The monoisotopic (exact) mass is 439 g/mol. The fraction of sp³-hybridized carbons (Fsp3) is 0.158. The summed E-state index contributed by atoms with van der Waals surface area (Å²) in [6.07, 6.45) is -1.05. The number of carbonyl (C=O) groups excluding carboxylic acids is 3. The first-order valence-corrected chi connectivity index (χ1v) is 9.78. The van der Waals surface area contributed by atoms with Gasteiger partial charge in [0.05, 0.1) is 0 Å². The number of halogens is 2. The van der Waals surface area contributed by atoms with Crippen LogP contribution < -0.4 is 5.73 Å². The molecule has 1 atom stereocenters. The Morgan fingerprint density at radius 3 is 2.30 bits per heavy atom. The zero-order valence-corrected chi connectivity index (χ0v) is 16.2. The quantitative estimate of drug-likeness (QED) is 0.701. The number of hydrogen-bond donors (Lipinski definition) is 1. The second kappa shape index (κ2) is 9.29. The molecule has 0 radical (unpaired) electrons. The first-order valence-electron chi connectivity index (χ1n) is 8.20. The lowest BCUT2D eigenvalue weighted by molar-refractivity contribution is -0.191. The Morgan fingerprint density at radius 1 is 1.13 bits per heavy atom. The van der Waals surface area contributed by atoms with E-state index in [9.17, 15) is 22.0 Å². The summed E-state index contributed by atoms with van der Waals surface area (Å²) >= 11 is 0. The van der Waals surface area contributed by atoms with Crippen molar-refractivity contribution in [2.75, 3.05) is 0 Å². The van der Waals surface area contributed by atoms with Gasteiger partial charge in [-0.2, -0.15) is 18.0 Å². The van der Waals surface area contributed by atoms with E-state index in [0.717, 1.165) is 18.2 Å². The van der Waals surface area contributed by atoms with Gasteiger partial charge in [0.25, 0.3) is 0 Å². The van der Waals surface area contributed by atoms with Crippen molar-refractivity contribution in [3.63, 3.8) is 0 Å². The minimum absolute atomic E-state index is 0.181. The summed E-state index contributed by atoms with van der Waals surface area (Å²) in [6.45, 7) is 1.56. The zero-order chi connectivity index (χ0) is 22.5. The van der Waals surface area contributed by atoms with E-state index in [1.165, 1.54) is 24.3 Å². The predicted octanol–water partition coefficient (Wildman–Crippen LogP) is 2.00. The minimum atomic E-state index is -4.25. The molecule has 0 spiro atoms. The van der Waals surface area contributed by atoms with Crippen LogP contribution in [-0.4, -0.2) is 20.4 Å². The summed E-state index contributed by atoms with van der Waals surface area (Å²) in [5.74, 6) is -3.66. The molecular formula is C19H15F2NO7S. The molecule has 1 unspecified atom stereocenters. The largest absolute Gasteiger partial charge is 0.460 e. The van der Waals surface area contributed by atoms with E-state index >= 15 is 0 Å². The molecule has 0 saturated heterocycles. The summed E-state index contributed by atoms with van der Waals surface area (Å²) < 4.78 is 61.1. The number of aryl methyl sites for hydroxylation is 1. The number of ether oxygens (including phenoxy) is 1. The van der Waals surface area contributed by atoms with Gasteiger partial charge >= 0.3 is 16.3 Å². The van der Waals surface area contributed by atoms with Crippen molar-refractivity contribution in [2.24, 2.45) is 5.73 Å². The summed E-state index contributed by atoms with van der Waals surface area (Å²) in [5, 5.41) is 0. The smallest absolute Gasteiger partial charge is 0.373 e. The lowest BCUT2D eigenvalue weighted by Gasteiger charge is -2.10. The maximum atomic E-state index is 13.7. The second-order valence-corrected chi connectivity index (χ2v) is 7.63. The van der Waals surface area contributed by atoms with E-state index in [4.69, 9.17) is 24.2 Å². The molecule has 11 heteroatoms. The van der Waals surface area contributed by atoms with Gasteiger partial charge in [-0.25, -0.2) is 8.78 Å². The van der Waals surface area contributed by atoms with Crippen molar-refractivity contribution in [3.8, 4) is 0 Å². The molecule has 0 bridgehead atoms. The molecule has 8 nitrogen and oxygen atoms in total. The first kappa shape index (κ1) is 22.7. The number of hydrogen-bond acceptors (Lipinski definition) is 8. The van der Waals surface area contributed by atoms with Gasteiger partial charge in [-0.15, -0.1) is 0 Å². The van der Waals surface area contributed by atoms with Crippen molar-refractivity contribution >= 4 is 22.1 Å². The van der Waals surface area contributed by atoms with Crippen LogP contribution >= 0.6 is 0 Å². The van der Waals surface area contributed by atoms with Gasteiger partial charge in [0.15, 0.2) is 6.10 Å². The molecule has 2 aromatic rings. The third-order valence-corrected chi connectivity index (χ3v) is 5.00. The highest BCUT2D eigenvalue weighted by Gasteiger charge is 2.39. The van der Waals surface area contributed by atoms with Gasteiger partial charge in [0.1, 0.15) is 17.4 Å². The summed E-state index contributed by atoms with van der Waals surface area (Å²) in [4.78, 5) is 28.7. The molecule has 2 N–H and O–H groups in total. The van der Waals surface area contributed by atoms with E-state index < -0.39 is 51.0 Å². The van der Waals surface area contributed by atoms with Gasteiger partial charge in [-0.1, -0.05) is 24.3 Å². The third kappa shape index (κ3) is 5.49. The highest BCUT2D eigenvalue weighted by Crippen LogP contribution is 2.33. The topological polar surface area (TPSA) is 130 Å². The van der Waals surface area contributed by atoms with Gasteiger partial charge < -0.3 is 14.7 Å². The molecule has 0 fully saturated rings.